The first-order valence-corrected chi connectivity index (χ1v) is 15.2. The molecule has 1 heterocycles. The number of nitrogens with zero attached hydrogens (tertiary/aromatic N) is 1. The molecule has 1 aromatic carbocycles. The Labute approximate surface area is 195 Å². The van der Waals surface area contributed by atoms with E-state index in [1.165, 1.54) is 10.4 Å². The predicted octanol–water partition coefficient (Wildman–Crippen LogP) is 5.98. The molecule has 0 amide bonds. The Kier molecular flexibility index (Phi) is 9.08. The molecule has 1 aromatic rings. The summed E-state index contributed by atoms with van der Waals surface area (Å²) >= 11 is 0. The number of allylic oxidation sites excluding steroid dienone is 2. The van der Waals surface area contributed by atoms with Crippen molar-refractivity contribution >= 4 is 24.1 Å². The number of benzene rings is 1. The van der Waals surface area contributed by atoms with Gasteiger partial charge >= 0.3 is 0 Å². The van der Waals surface area contributed by atoms with Crippen molar-refractivity contribution in [2.24, 2.45) is 0 Å². The Morgan fingerprint density at radius 3 is 2.16 bits per heavy atom. The van der Waals surface area contributed by atoms with Crippen molar-refractivity contribution in [1.29, 1.82) is 0 Å². The van der Waals surface area contributed by atoms with Crippen LogP contribution in [0.2, 0.25) is 16.6 Å². The second kappa shape index (κ2) is 10.9. The summed E-state index contributed by atoms with van der Waals surface area (Å²) in [5, 5.41) is 0. The molecule has 7 heteroatoms. The smallest absolute Gasteiger partial charge is 0.264 e. The summed E-state index contributed by atoms with van der Waals surface area (Å²) in [7, 11) is -5.79. The van der Waals surface area contributed by atoms with Crippen LogP contribution in [0.15, 0.2) is 53.1 Å². The maximum absolute atomic E-state index is 13.2. The monoisotopic (exact) mass is 477 g/mol. The molecule has 0 N–H and O–H groups in total. The van der Waals surface area contributed by atoms with E-state index in [1.54, 1.807) is 36.4 Å². The van der Waals surface area contributed by atoms with E-state index in [0.717, 1.165) is 5.56 Å². The molecular weight excluding hydrogens is 438 g/mol. The third-order valence-corrected chi connectivity index (χ3v) is 14.3. The molecule has 0 saturated carbocycles. The molecule has 0 bridgehead atoms. The van der Waals surface area contributed by atoms with Gasteiger partial charge in [-0.2, -0.15) is 0 Å². The summed E-state index contributed by atoms with van der Waals surface area (Å²) < 4.78 is 34.1. The SMILES string of the molecule is Cc1ccc(S(=O)(=O)N2CCCC=C2C(=O)/C=C/CO[Si](C(C)C)(C(C)C)C(C)C)cc1. The normalized spacial score (nSPS) is 15.8. The van der Waals surface area contributed by atoms with Gasteiger partial charge < -0.3 is 4.43 Å². The highest BCUT2D eigenvalue weighted by molar-refractivity contribution is 7.89. The Bertz CT molecular complexity index is 925. The molecule has 0 fully saturated rings. The van der Waals surface area contributed by atoms with Gasteiger partial charge in [0.05, 0.1) is 17.2 Å². The third kappa shape index (κ3) is 5.61. The second-order valence-corrected chi connectivity index (χ2v) is 16.8. The van der Waals surface area contributed by atoms with E-state index in [9.17, 15) is 13.2 Å². The number of rotatable bonds is 10. The van der Waals surface area contributed by atoms with E-state index < -0.39 is 18.3 Å². The van der Waals surface area contributed by atoms with E-state index in [1.807, 2.05) is 6.92 Å². The van der Waals surface area contributed by atoms with Crippen LogP contribution in [0.5, 0.6) is 0 Å². The van der Waals surface area contributed by atoms with Crippen LogP contribution in [0.3, 0.4) is 0 Å². The fourth-order valence-electron chi connectivity index (χ4n) is 4.94. The number of hydrogen-bond donors (Lipinski definition) is 0. The topological polar surface area (TPSA) is 63.7 Å². The molecule has 0 radical (unpaired) electrons. The van der Waals surface area contributed by atoms with Crippen LogP contribution >= 0.6 is 0 Å². The molecule has 0 spiro atoms. The minimum absolute atomic E-state index is 0.206. The summed E-state index contributed by atoms with van der Waals surface area (Å²) in [5.41, 5.74) is 2.60. The number of carbonyl (C=O) groups is 1. The molecular formula is C25H39NO4SSi. The van der Waals surface area contributed by atoms with Gasteiger partial charge in [0.2, 0.25) is 14.1 Å². The molecule has 0 unspecified atom stereocenters. The maximum atomic E-state index is 13.2. The Morgan fingerprint density at radius 2 is 1.62 bits per heavy atom. The van der Waals surface area contributed by atoms with Gasteiger partial charge in [0.1, 0.15) is 0 Å². The van der Waals surface area contributed by atoms with Gasteiger partial charge in [-0.25, -0.2) is 8.42 Å². The highest BCUT2D eigenvalue weighted by Gasteiger charge is 2.44. The quantitative estimate of drug-likeness (QED) is 0.307. The largest absolute Gasteiger partial charge is 0.412 e. The molecule has 0 saturated heterocycles. The third-order valence-electron chi connectivity index (χ3n) is 6.44. The average molecular weight is 478 g/mol. The predicted molar refractivity (Wildman–Crippen MR) is 134 cm³/mol. The van der Waals surface area contributed by atoms with Gasteiger partial charge in [-0.05, 0) is 54.6 Å². The summed E-state index contributed by atoms with van der Waals surface area (Å²) in [5.74, 6) is -0.296. The van der Waals surface area contributed by atoms with E-state index in [-0.39, 0.29) is 16.4 Å². The molecule has 1 aliphatic heterocycles. The Hall–Kier alpha value is -1.70. The minimum Gasteiger partial charge on any atom is -0.412 e. The molecule has 0 aromatic heterocycles. The lowest BCUT2D eigenvalue weighted by atomic mass is 10.1. The van der Waals surface area contributed by atoms with Gasteiger partial charge in [0, 0.05) is 6.54 Å². The van der Waals surface area contributed by atoms with E-state index in [4.69, 9.17) is 4.43 Å². The number of carbonyl (C=O) groups excluding carboxylic acids is 1. The van der Waals surface area contributed by atoms with Crippen molar-refractivity contribution in [2.75, 3.05) is 13.2 Å². The Morgan fingerprint density at radius 1 is 1.06 bits per heavy atom. The molecule has 0 atom stereocenters. The fourth-order valence-corrected chi connectivity index (χ4v) is 11.9. The molecule has 32 heavy (non-hydrogen) atoms. The Balaban J connectivity index is 2.18. The molecule has 0 aliphatic carbocycles. The van der Waals surface area contributed by atoms with Crippen molar-refractivity contribution in [3.63, 3.8) is 0 Å². The van der Waals surface area contributed by atoms with Gasteiger partial charge in [0.15, 0.2) is 0 Å². The zero-order chi connectivity index (χ0) is 24.1. The standard InChI is InChI=1S/C25H39NO4SSi/c1-19(2)32(20(3)4,21(5)6)30-18-10-12-25(27)24-11-8-9-17-26(24)31(28,29)23-15-13-22(7)14-16-23/h10-16,19-21H,8-9,17-18H2,1-7H3/b12-10+. The van der Waals surface area contributed by atoms with Gasteiger partial charge in [-0.1, -0.05) is 71.4 Å². The van der Waals surface area contributed by atoms with Crippen LogP contribution in [0.25, 0.3) is 0 Å². The van der Waals surface area contributed by atoms with Crippen LogP contribution in [0.1, 0.15) is 59.9 Å². The summed E-state index contributed by atoms with van der Waals surface area (Å²) in [6.45, 7) is 15.9. The lowest BCUT2D eigenvalue weighted by molar-refractivity contribution is -0.112. The van der Waals surface area contributed by atoms with Crippen molar-refractivity contribution in [3.8, 4) is 0 Å². The van der Waals surface area contributed by atoms with E-state index >= 15 is 0 Å². The van der Waals surface area contributed by atoms with Crippen molar-refractivity contribution in [1.82, 2.24) is 4.31 Å². The first-order valence-electron chi connectivity index (χ1n) is 11.6. The number of ketones is 1. The van der Waals surface area contributed by atoms with Gasteiger partial charge in [-0.3, -0.25) is 9.10 Å². The highest BCUT2D eigenvalue weighted by Crippen LogP contribution is 2.42. The lowest BCUT2D eigenvalue weighted by Gasteiger charge is -2.41. The van der Waals surface area contributed by atoms with Gasteiger partial charge in [-0.15, -0.1) is 0 Å². The highest BCUT2D eigenvalue weighted by atomic mass is 32.2. The summed E-state index contributed by atoms with van der Waals surface area (Å²) in [6.07, 6.45) is 6.33. The van der Waals surface area contributed by atoms with Crippen LogP contribution in [-0.2, 0) is 19.2 Å². The van der Waals surface area contributed by atoms with Crippen molar-refractivity contribution in [3.05, 3.63) is 53.8 Å². The van der Waals surface area contributed by atoms with Crippen LogP contribution in [0, 0.1) is 6.92 Å². The van der Waals surface area contributed by atoms with Crippen LogP contribution in [0.4, 0.5) is 0 Å². The molecule has 5 nitrogen and oxygen atoms in total. The minimum atomic E-state index is -3.77. The van der Waals surface area contributed by atoms with Crippen molar-refractivity contribution < 1.29 is 17.6 Å². The zero-order valence-electron chi connectivity index (χ0n) is 20.6. The van der Waals surface area contributed by atoms with Crippen LogP contribution < -0.4 is 0 Å². The number of aryl methyl sites for hydroxylation is 1. The molecule has 1 aliphatic rings. The maximum Gasteiger partial charge on any atom is 0.264 e. The van der Waals surface area contributed by atoms with Crippen LogP contribution in [-0.4, -0.2) is 40.0 Å². The number of hydrogen-bond acceptors (Lipinski definition) is 4. The zero-order valence-corrected chi connectivity index (χ0v) is 22.4. The van der Waals surface area contributed by atoms with E-state index in [0.29, 0.717) is 42.6 Å². The molecule has 178 valence electrons. The van der Waals surface area contributed by atoms with Gasteiger partial charge in [0.25, 0.3) is 10.0 Å². The van der Waals surface area contributed by atoms with Crippen molar-refractivity contribution in [2.45, 2.75) is 82.8 Å². The first-order chi connectivity index (χ1) is 14.9. The van der Waals surface area contributed by atoms with E-state index in [2.05, 4.69) is 41.5 Å². The average Bonchev–Trinajstić information content (AvgIpc) is 2.73. The second-order valence-electron chi connectivity index (χ2n) is 9.52. The number of sulfonamides is 1. The summed E-state index contributed by atoms with van der Waals surface area (Å²) in [4.78, 5) is 13.2. The molecule has 2 rings (SSSR count). The summed E-state index contributed by atoms with van der Waals surface area (Å²) in [6, 6.07) is 6.74. The lowest BCUT2D eigenvalue weighted by Crippen LogP contribution is -2.47. The first kappa shape index (κ1) is 26.5. The fraction of sp³-hybridized carbons (Fsp3) is 0.560.